The summed E-state index contributed by atoms with van der Waals surface area (Å²) in [6.07, 6.45) is 2.98. The van der Waals surface area contributed by atoms with E-state index in [4.69, 9.17) is 4.74 Å². The van der Waals surface area contributed by atoms with Crippen LogP contribution >= 0.6 is 0 Å². The van der Waals surface area contributed by atoms with Crippen molar-refractivity contribution < 1.29 is 18.7 Å². The van der Waals surface area contributed by atoms with Crippen LogP contribution in [-0.2, 0) is 0 Å². The lowest BCUT2D eigenvalue weighted by Crippen LogP contribution is -2.20. The average Bonchev–Trinajstić information content (AvgIpc) is 2.72. The Balaban J connectivity index is 1.83. The van der Waals surface area contributed by atoms with Crippen LogP contribution in [0.5, 0.6) is 5.75 Å². The Morgan fingerprint density at radius 3 is 2.31 bits per heavy atom. The second-order valence-corrected chi connectivity index (χ2v) is 7.48. The van der Waals surface area contributed by atoms with Gasteiger partial charge < -0.3 is 9.94 Å². The fourth-order valence-electron chi connectivity index (χ4n) is 3.73. The van der Waals surface area contributed by atoms with Crippen molar-refractivity contribution in [3.8, 4) is 5.75 Å². The maximum atomic E-state index is 13.3. The normalized spacial score (nSPS) is 16.7. The van der Waals surface area contributed by atoms with Crippen molar-refractivity contribution in [2.75, 3.05) is 0 Å². The van der Waals surface area contributed by atoms with Gasteiger partial charge in [0.25, 0.3) is 0 Å². The fraction of sp³-hybridized carbons (Fsp3) is 0.391. The smallest absolute Gasteiger partial charge is 0.394 e. The summed E-state index contributed by atoms with van der Waals surface area (Å²) in [5.74, 6) is 0.431. The quantitative estimate of drug-likeness (QED) is 0.274. The number of hydrogen-bond donors (Lipinski definition) is 1. The first-order chi connectivity index (χ1) is 13.9. The van der Waals surface area contributed by atoms with Crippen LogP contribution in [0.1, 0.15) is 68.6 Å². The number of aliphatic imine (C=N–C) groups is 1. The lowest BCUT2D eigenvalue weighted by molar-refractivity contribution is -0.159. The van der Waals surface area contributed by atoms with Crippen LogP contribution in [0.15, 0.2) is 58.7 Å². The Morgan fingerprint density at radius 1 is 1.03 bits per heavy atom. The second-order valence-electron chi connectivity index (χ2n) is 7.48. The highest BCUT2D eigenvalue weighted by Gasteiger charge is 2.25. The first-order valence-corrected chi connectivity index (χ1v) is 9.91. The zero-order chi connectivity index (χ0) is 20.9. The molecule has 0 atom stereocenters. The van der Waals surface area contributed by atoms with Crippen LogP contribution in [0, 0.1) is 0 Å². The van der Waals surface area contributed by atoms with E-state index >= 15 is 0 Å². The van der Waals surface area contributed by atoms with E-state index in [0.717, 1.165) is 5.56 Å². The van der Waals surface area contributed by atoms with E-state index in [0.29, 0.717) is 18.6 Å². The molecule has 2 aromatic rings. The summed E-state index contributed by atoms with van der Waals surface area (Å²) in [6.45, 7) is 2.45. The van der Waals surface area contributed by atoms with Gasteiger partial charge in [0.15, 0.2) is 0 Å². The van der Waals surface area contributed by atoms with Gasteiger partial charge in [-0.05, 0) is 48.9 Å². The molecule has 0 bridgehead atoms. The van der Waals surface area contributed by atoms with Crippen molar-refractivity contribution in [3.05, 3.63) is 65.2 Å². The van der Waals surface area contributed by atoms with Gasteiger partial charge in [-0.2, -0.15) is 8.78 Å². The molecule has 1 fully saturated rings. The van der Waals surface area contributed by atoms with Gasteiger partial charge in [0, 0.05) is 12.6 Å². The highest BCUT2D eigenvalue weighted by Crippen LogP contribution is 2.32. The average molecular weight is 400 g/mol. The largest absolute Gasteiger partial charge is 0.432 e. The monoisotopic (exact) mass is 400 g/mol. The summed E-state index contributed by atoms with van der Waals surface area (Å²) in [7, 11) is 0. The van der Waals surface area contributed by atoms with E-state index in [2.05, 4.69) is 22.3 Å². The van der Waals surface area contributed by atoms with Crippen molar-refractivity contribution in [2.24, 2.45) is 10.1 Å². The Bertz CT molecular complexity index is 880. The summed E-state index contributed by atoms with van der Waals surface area (Å²) < 4.78 is 31.3. The van der Waals surface area contributed by atoms with E-state index in [-0.39, 0.29) is 17.1 Å². The number of nitrogens with zero attached hydrogens (tertiary/aromatic N) is 2. The molecular weight excluding hydrogens is 374 g/mol. The Morgan fingerprint density at radius 2 is 1.69 bits per heavy atom. The van der Waals surface area contributed by atoms with Gasteiger partial charge in [-0.1, -0.05) is 60.8 Å². The van der Waals surface area contributed by atoms with Crippen molar-refractivity contribution in [1.82, 2.24) is 0 Å². The molecule has 0 unspecified atom stereocenters. The molecule has 2 aromatic carbocycles. The number of rotatable bonds is 5. The van der Waals surface area contributed by atoms with Crippen LogP contribution in [0.4, 0.5) is 8.78 Å². The topological polar surface area (TPSA) is 54.2 Å². The van der Waals surface area contributed by atoms with Crippen LogP contribution in [0.2, 0.25) is 0 Å². The number of oxime groups is 1. The molecule has 0 heterocycles. The van der Waals surface area contributed by atoms with E-state index in [1.165, 1.54) is 49.8 Å². The number of hydrogen-bond acceptors (Lipinski definition) is 3. The summed E-state index contributed by atoms with van der Waals surface area (Å²) in [5.41, 5.74) is 3.02. The maximum absolute atomic E-state index is 13.3. The van der Waals surface area contributed by atoms with E-state index in [1.54, 1.807) is 19.1 Å². The molecule has 154 valence electrons. The molecule has 0 amide bonds. The van der Waals surface area contributed by atoms with Gasteiger partial charge >= 0.3 is 6.11 Å². The molecule has 1 N–H and O–H groups in total. The van der Waals surface area contributed by atoms with E-state index in [1.807, 2.05) is 12.1 Å². The van der Waals surface area contributed by atoms with Crippen molar-refractivity contribution in [1.29, 1.82) is 0 Å². The number of halogens is 2. The van der Waals surface area contributed by atoms with Crippen LogP contribution in [0.3, 0.4) is 0 Å². The van der Waals surface area contributed by atoms with Gasteiger partial charge in [0.2, 0.25) is 5.84 Å². The third-order valence-electron chi connectivity index (χ3n) is 5.19. The summed E-state index contributed by atoms with van der Waals surface area (Å²) >= 11 is 0. The summed E-state index contributed by atoms with van der Waals surface area (Å²) in [5, 5.41) is 12.7. The van der Waals surface area contributed by atoms with Gasteiger partial charge in [-0.15, -0.1) is 0 Å². The molecule has 29 heavy (non-hydrogen) atoms. The fourth-order valence-corrected chi connectivity index (χ4v) is 3.73. The zero-order valence-electron chi connectivity index (χ0n) is 16.7. The number of benzene rings is 2. The first-order valence-electron chi connectivity index (χ1n) is 9.91. The van der Waals surface area contributed by atoms with E-state index in [9.17, 15) is 14.0 Å². The minimum Gasteiger partial charge on any atom is -0.432 e. The zero-order valence-corrected chi connectivity index (χ0v) is 16.7. The Kier molecular flexibility index (Phi) is 6.62. The summed E-state index contributed by atoms with van der Waals surface area (Å²) in [4.78, 5) is 4.36. The van der Waals surface area contributed by atoms with Crippen LogP contribution in [0.25, 0.3) is 0 Å². The highest BCUT2D eigenvalue weighted by molar-refractivity contribution is 6.12. The van der Waals surface area contributed by atoms with Gasteiger partial charge in [-0.25, -0.2) is 4.99 Å². The Labute approximate surface area is 169 Å². The molecule has 1 aliphatic rings. The number of alkyl halides is 2. The number of amidine groups is 1. The molecular formula is C23H26F2N2O2. The van der Waals surface area contributed by atoms with Crippen molar-refractivity contribution in [3.63, 3.8) is 0 Å². The molecule has 0 saturated heterocycles. The molecule has 0 aromatic heterocycles. The molecule has 3 rings (SSSR count). The minimum atomic E-state index is -3.36. The minimum absolute atomic E-state index is 0.0845. The highest BCUT2D eigenvalue weighted by atomic mass is 19.3. The number of para-hydroxylation sites is 1. The maximum Gasteiger partial charge on any atom is 0.394 e. The molecule has 4 nitrogen and oxygen atoms in total. The van der Waals surface area contributed by atoms with E-state index < -0.39 is 6.11 Å². The Hall–Kier alpha value is -2.76. The standard InChI is InChI=1S/C23H26F2N2O2/c1-16(17-12-14-19(15-13-17)18-8-4-3-5-9-18)26-22(27-28)20-10-6-7-11-21(20)29-23(2,24)25/h6-7,10-15,18,28H,3-5,8-9H2,1-2H3/b26-16?,27-22-. The van der Waals surface area contributed by atoms with Crippen LogP contribution < -0.4 is 4.74 Å². The lowest BCUT2D eigenvalue weighted by atomic mass is 9.84. The van der Waals surface area contributed by atoms with Gasteiger partial charge in [0.1, 0.15) is 5.75 Å². The third-order valence-corrected chi connectivity index (χ3v) is 5.19. The molecule has 0 spiro atoms. The lowest BCUT2D eigenvalue weighted by Gasteiger charge is -2.22. The number of ether oxygens (including phenoxy) is 1. The molecule has 0 radical (unpaired) electrons. The first kappa shape index (κ1) is 21.0. The van der Waals surface area contributed by atoms with Gasteiger partial charge in [0.05, 0.1) is 5.56 Å². The third kappa shape index (κ3) is 5.62. The van der Waals surface area contributed by atoms with Crippen molar-refractivity contribution >= 4 is 11.5 Å². The molecule has 6 heteroatoms. The predicted octanol–water partition coefficient (Wildman–Crippen LogP) is 6.37. The molecule has 1 aliphatic carbocycles. The van der Waals surface area contributed by atoms with Crippen molar-refractivity contribution in [2.45, 2.75) is 58.0 Å². The van der Waals surface area contributed by atoms with Gasteiger partial charge in [-0.3, -0.25) is 0 Å². The molecule has 1 saturated carbocycles. The predicted molar refractivity (Wildman–Crippen MR) is 110 cm³/mol. The second kappa shape index (κ2) is 9.16. The van der Waals surface area contributed by atoms with Crippen LogP contribution in [-0.4, -0.2) is 22.9 Å². The SMILES string of the molecule is CC(=N/C(=N\O)c1ccccc1OC(C)(F)F)c1ccc(C2CCCCC2)cc1. The summed E-state index contributed by atoms with van der Waals surface area (Å²) in [6, 6.07) is 14.4. The molecule has 0 aliphatic heterocycles.